The zero-order valence-corrected chi connectivity index (χ0v) is 13.2. The number of hydrogen-bond acceptors (Lipinski definition) is 4. The number of nitrogens with zero attached hydrogens (tertiary/aromatic N) is 1. The molecule has 1 spiro atoms. The van der Waals surface area contributed by atoms with Crippen LogP contribution in [0.3, 0.4) is 0 Å². The number of aliphatic imine (C=N–C) groups is 1. The van der Waals surface area contributed by atoms with Crippen LogP contribution in [0.5, 0.6) is 0 Å². The molecule has 1 aromatic carbocycles. The van der Waals surface area contributed by atoms with Crippen LogP contribution in [0.25, 0.3) is 0 Å². The van der Waals surface area contributed by atoms with Crippen LogP contribution in [0.2, 0.25) is 0 Å². The highest BCUT2D eigenvalue weighted by Gasteiger charge is 2.51. The number of hydrogen-bond donors (Lipinski definition) is 1. The Balaban J connectivity index is 2.05. The van der Waals surface area contributed by atoms with Gasteiger partial charge in [-0.05, 0) is 49.7 Å². The van der Waals surface area contributed by atoms with Gasteiger partial charge in [0.05, 0.1) is 18.1 Å². The lowest BCUT2D eigenvalue weighted by Gasteiger charge is -2.21. The Morgan fingerprint density at radius 2 is 2.13 bits per heavy atom. The van der Waals surface area contributed by atoms with Crippen molar-refractivity contribution >= 4 is 18.6 Å². The second-order valence-corrected chi connectivity index (χ2v) is 5.79. The molecule has 1 heterocycles. The van der Waals surface area contributed by atoms with Gasteiger partial charge in [0.25, 0.3) is 0 Å². The predicted molar refractivity (Wildman–Crippen MR) is 87.2 cm³/mol. The fraction of sp³-hybridized carbons (Fsp3) is 0.278. The average Bonchev–Trinajstić information content (AvgIpc) is 3.06. The van der Waals surface area contributed by atoms with Gasteiger partial charge in [0.2, 0.25) is 5.91 Å². The summed E-state index contributed by atoms with van der Waals surface area (Å²) in [6, 6.07) is 5.45. The summed E-state index contributed by atoms with van der Waals surface area (Å²) in [5.41, 5.74) is 2.76. The van der Waals surface area contributed by atoms with Gasteiger partial charge >= 0.3 is 5.97 Å². The van der Waals surface area contributed by atoms with Gasteiger partial charge in [-0.25, -0.2) is 9.79 Å². The smallest absolute Gasteiger partial charge is 0.337 e. The maximum absolute atomic E-state index is 12.6. The van der Waals surface area contributed by atoms with Crippen molar-refractivity contribution < 1.29 is 14.3 Å². The summed E-state index contributed by atoms with van der Waals surface area (Å²) in [4.78, 5) is 28.3. The Kier molecular flexibility index (Phi) is 3.64. The molecular weight excluding hydrogens is 292 g/mol. The van der Waals surface area contributed by atoms with E-state index in [2.05, 4.69) is 17.0 Å². The van der Waals surface area contributed by atoms with Gasteiger partial charge in [-0.2, -0.15) is 0 Å². The molecule has 3 rings (SSSR count). The number of carbonyl (C=O) groups excluding carboxylic acids is 2. The van der Waals surface area contributed by atoms with Crippen LogP contribution < -0.4 is 5.32 Å². The molecule has 5 nitrogen and oxygen atoms in total. The molecule has 5 heteroatoms. The summed E-state index contributed by atoms with van der Waals surface area (Å²) in [7, 11) is 1.36. The molecule has 1 N–H and O–H groups in total. The lowest BCUT2D eigenvalue weighted by molar-refractivity contribution is -0.126. The summed E-state index contributed by atoms with van der Waals surface area (Å²) >= 11 is 0. The number of esters is 1. The Bertz CT molecular complexity index is 776. The van der Waals surface area contributed by atoms with Crippen molar-refractivity contribution in [2.45, 2.75) is 19.8 Å². The van der Waals surface area contributed by atoms with Crippen LogP contribution in [0.4, 0.5) is 0 Å². The monoisotopic (exact) mass is 310 g/mol. The largest absolute Gasteiger partial charge is 0.465 e. The molecule has 23 heavy (non-hydrogen) atoms. The van der Waals surface area contributed by atoms with E-state index < -0.39 is 5.41 Å². The van der Waals surface area contributed by atoms with E-state index in [1.165, 1.54) is 7.11 Å². The second-order valence-electron chi connectivity index (χ2n) is 5.79. The number of rotatable bonds is 3. The standard InChI is InChI=1S/C18H18N2O3/c1-4-5-14-15(19-2)20-17(22)18(14)9-12-7-6-11(16(21)23-3)8-13(12)10-18/h4-8H,2,9-10H2,1,3H3,(H,20,22)/b5-4-. The topological polar surface area (TPSA) is 67.8 Å². The molecule has 1 amide bonds. The first-order valence-electron chi connectivity index (χ1n) is 7.41. The molecule has 1 unspecified atom stereocenters. The Morgan fingerprint density at radius 1 is 1.39 bits per heavy atom. The predicted octanol–water partition coefficient (Wildman–Crippen LogP) is 2.18. The van der Waals surface area contributed by atoms with E-state index in [0.717, 1.165) is 16.7 Å². The molecule has 118 valence electrons. The molecule has 0 aromatic heterocycles. The van der Waals surface area contributed by atoms with E-state index >= 15 is 0 Å². The highest BCUT2D eigenvalue weighted by Crippen LogP contribution is 2.47. The first-order chi connectivity index (χ1) is 11.1. The van der Waals surface area contributed by atoms with Gasteiger partial charge < -0.3 is 10.1 Å². The zero-order valence-electron chi connectivity index (χ0n) is 13.2. The lowest BCUT2D eigenvalue weighted by Crippen LogP contribution is -2.34. The molecule has 0 saturated carbocycles. The normalized spacial score (nSPS) is 22.6. The molecule has 0 radical (unpaired) electrons. The summed E-state index contributed by atoms with van der Waals surface area (Å²) < 4.78 is 4.77. The summed E-state index contributed by atoms with van der Waals surface area (Å²) in [5, 5.41) is 2.82. The number of ether oxygens (including phenoxy) is 1. The van der Waals surface area contributed by atoms with Crippen LogP contribution in [-0.2, 0) is 22.4 Å². The number of fused-ring (bicyclic) bond motifs is 1. The van der Waals surface area contributed by atoms with E-state index in [-0.39, 0.29) is 11.9 Å². The van der Waals surface area contributed by atoms with Crippen LogP contribution in [-0.4, -0.2) is 25.7 Å². The van der Waals surface area contributed by atoms with Gasteiger partial charge in [-0.1, -0.05) is 18.2 Å². The highest BCUT2D eigenvalue weighted by molar-refractivity contribution is 5.94. The zero-order chi connectivity index (χ0) is 16.6. The molecule has 1 aromatic rings. The third-order valence-electron chi connectivity index (χ3n) is 4.54. The molecule has 0 saturated heterocycles. The van der Waals surface area contributed by atoms with Gasteiger partial charge in [-0.15, -0.1) is 0 Å². The molecule has 0 fully saturated rings. The van der Waals surface area contributed by atoms with E-state index in [0.29, 0.717) is 24.2 Å². The van der Waals surface area contributed by atoms with Gasteiger partial charge in [0.15, 0.2) is 0 Å². The SMILES string of the molecule is C=NC1=C(/C=C\C)C2(Cc3ccc(C(=O)OC)cc3C2)C(=O)N1. The number of benzene rings is 1. The van der Waals surface area contributed by atoms with Gasteiger partial charge in [-0.3, -0.25) is 4.79 Å². The summed E-state index contributed by atoms with van der Waals surface area (Å²) in [5.74, 6) is 0.0835. The van der Waals surface area contributed by atoms with E-state index in [1.807, 2.05) is 31.2 Å². The average molecular weight is 310 g/mol. The number of methoxy groups -OCH3 is 1. The van der Waals surface area contributed by atoms with E-state index in [9.17, 15) is 9.59 Å². The van der Waals surface area contributed by atoms with E-state index in [1.54, 1.807) is 6.07 Å². The van der Waals surface area contributed by atoms with Crippen LogP contribution in [0, 0.1) is 5.41 Å². The fourth-order valence-corrected chi connectivity index (χ4v) is 3.44. The minimum atomic E-state index is -0.667. The van der Waals surface area contributed by atoms with Crippen LogP contribution in [0.15, 0.2) is 46.7 Å². The van der Waals surface area contributed by atoms with Crippen molar-refractivity contribution in [3.05, 3.63) is 58.4 Å². The van der Waals surface area contributed by atoms with Crippen molar-refractivity contribution in [3.63, 3.8) is 0 Å². The highest BCUT2D eigenvalue weighted by atomic mass is 16.5. The Hall–Kier alpha value is -2.69. The third kappa shape index (κ3) is 2.20. The number of carbonyl (C=O) groups is 2. The van der Waals surface area contributed by atoms with E-state index in [4.69, 9.17) is 4.74 Å². The minimum Gasteiger partial charge on any atom is -0.465 e. The van der Waals surface area contributed by atoms with Gasteiger partial charge in [0, 0.05) is 5.57 Å². The Labute approximate surface area is 134 Å². The van der Waals surface area contributed by atoms with Gasteiger partial charge in [0.1, 0.15) is 5.82 Å². The maximum Gasteiger partial charge on any atom is 0.337 e. The third-order valence-corrected chi connectivity index (χ3v) is 4.54. The molecule has 0 bridgehead atoms. The van der Waals surface area contributed by atoms with Crippen LogP contribution >= 0.6 is 0 Å². The number of amides is 1. The molecule has 1 atom stereocenters. The quantitative estimate of drug-likeness (QED) is 0.687. The van der Waals surface area contributed by atoms with Crippen molar-refractivity contribution in [3.8, 4) is 0 Å². The Morgan fingerprint density at radius 3 is 2.78 bits per heavy atom. The molecule has 1 aliphatic carbocycles. The van der Waals surface area contributed by atoms with Crippen molar-refractivity contribution in [2.24, 2.45) is 10.4 Å². The summed E-state index contributed by atoms with van der Waals surface area (Å²) in [6.07, 6.45) is 4.94. The molecule has 2 aliphatic rings. The summed E-state index contributed by atoms with van der Waals surface area (Å²) in [6.45, 7) is 5.45. The first kappa shape index (κ1) is 15.2. The second kappa shape index (κ2) is 5.50. The van der Waals surface area contributed by atoms with Crippen molar-refractivity contribution in [2.75, 3.05) is 7.11 Å². The number of allylic oxidation sites excluding steroid dienone is 2. The lowest BCUT2D eigenvalue weighted by atomic mass is 9.78. The first-order valence-corrected chi connectivity index (χ1v) is 7.41. The van der Waals surface area contributed by atoms with Crippen molar-refractivity contribution in [1.82, 2.24) is 5.32 Å². The van der Waals surface area contributed by atoms with Crippen molar-refractivity contribution in [1.29, 1.82) is 0 Å². The maximum atomic E-state index is 12.6. The minimum absolute atomic E-state index is 0.0659. The number of nitrogens with one attached hydrogen (secondary N) is 1. The fourth-order valence-electron chi connectivity index (χ4n) is 3.44. The van der Waals surface area contributed by atoms with Crippen LogP contribution in [0.1, 0.15) is 28.4 Å². The molecule has 1 aliphatic heterocycles. The molecular formula is C18H18N2O3.